The van der Waals surface area contributed by atoms with Crippen LogP contribution in [0.3, 0.4) is 0 Å². The van der Waals surface area contributed by atoms with Crippen molar-refractivity contribution in [1.29, 1.82) is 0 Å². The smallest absolute Gasteiger partial charge is 0.317 e. The fraction of sp³-hybridized carbons (Fsp3) is 0.833. The van der Waals surface area contributed by atoms with E-state index in [0.29, 0.717) is 13.0 Å². The highest BCUT2D eigenvalue weighted by Crippen LogP contribution is 2.03. The van der Waals surface area contributed by atoms with Gasteiger partial charge in [-0.25, -0.2) is 13.2 Å². The molecule has 0 saturated heterocycles. The predicted octanol–water partition coefficient (Wildman–Crippen LogP) is 0.704. The molecule has 20 heavy (non-hydrogen) atoms. The molecule has 118 valence electrons. The standard InChI is InChI=1S/C12H24N2O5S/c1-9(2)14(7-5-6-11(15)16)12(17)13-10(3)8-20(4,18)19/h9-10H,5-8H2,1-4H3,(H,13,17)(H,15,16). The topological polar surface area (TPSA) is 104 Å². The Morgan fingerprint density at radius 1 is 1.25 bits per heavy atom. The molecule has 7 nitrogen and oxygen atoms in total. The van der Waals surface area contributed by atoms with Crippen molar-refractivity contribution in [3.8, 4) is 0 Å². The molecule has 0 aliphatic heterocycles. The second-order valence-corrected chi connectivity index (χ2v) is 7.41. The van der Waals surface area contributed by atoms with Crippen LogP contribution >= 0.6 is 0 Å². The highest BCUT2D eigenvalue weighted by molar-refractivity contribution is 7.90. The van der Waals surface area contributed by atoms with Gasteiger partial charge in [0.2, 0.25) is 0 Å². The number of carbonyl (C=O) groups excluding carboxylic acids is 1. The molecule has 0 spiro atoms. The number of rotatable bonds is 8. The number of amides is 2. The zero-order chi connectivity index (χ0) is 15.9. The van der Waals surface area contributed by atoms with Gasteiger partial charge in [0.25, 0.3) is 0 Å². The Balaban J connectivity index is 4.46. The molecular formula is C12H24N2O5S. The van der Waals surface area contributed by atoms with Crippen molar-refractivity contribution in [3.63, 3.8) is 0 Å². The number of urea groups is 1. The van der Waals surface area contributed by atoms with Crippen LogP contribution in [-0.2, 0) is 14.6 Å². The van der Waals surface area contributed by atoms with Gasteiger partial charge in [0.15, 0.2) is 0 Å². The number of carboxylic acid groups (broad SMARTS) is 1. The fourth-order valence-electron chi connectivity index (χ4n) is 1.78. The maximum atomic E-state index is 12.0. The second kappa shape index (κ2) is 8.08. The van der Waals surface area contributed by atoms with Crippen molar-refractivity contribution < 1.29 is 23.1 Å². The number of nitrogens with zero attached hydrogens (tertiary/aromatic N) is 1. The Bertz CT molecular complexity index is 433. The summed E-state index contributed by atoms with van der Waals surface area (Å²) in [5, 5.41) is 11.2. The van der Waals surface area contributed by atoms with Gasteiger partial charge in [0, 0.05) is 31.3 Å². The van der Waals surface area contributed by atoms with Crippen LogP contribution in [-0.4, -0.2) is 61.1 Å². The van der Waals surface area contributed by atoms with Crippen molar-refractivity contribution in [2.24, 2.45) is 0 Å². The van der Waals surface area contributed by atoms with Gasteiger partial charge in [-0.15, -0.1) is 0 Å². The number of aliphatic carboxylic acids is 1. The van der Waals surface area contributed by atoms with E-state index in [9.17, 15) is 18.0 Å². The summed E-state index contributed by atoms with van der Waals surface area (Å²) in [4.78, 5) is 24.0. The number of sulfone groups is 1. The van der Waals surface area contributed by atoms with Gasteiger partial charge in [0.05, 0.1) is 5.75 Å². The first-order valence-corrected chi connectivity index (χ1v) is 8.55. The lowest BCUT2D eigenvalue weighted by Gasteiger charge is -2.28. The van der Waals surface area contributed by atoms with E-state index in [1.807, 2.05) is 13.8 Å². The summed E-state index contributed by atoms with van der Waals surface area (Å²) in [6, 6.07) is -0.950. The minimum Gasteiger partial charge on any atom is -0.481 e. The van der Waals surface area contributed by atoms with Crippen LogP contribution in [0.5, 0.6) is 0 Å². The van der Waals surface area contributed by atoms with Crippen LogP contribution < -0.4 is 5.32 Å². The molecule has 0 aromatic heterocycles. The van der Waals surface area contributed by atoms with E-state index in [2.05, 4.69) is 5.32 Å². The average molecular weight is 308 g/mol. The number of carboxylic acids is 1. The van der Waals surface area contributed by atoms with Crippen molar-refractivity contribution >= 4 is 21.8 Å². The van der Waals surface area contributed by atoms with Crippen LogP contribution in [0, 0.1) is 0 Å². The number of carbonyl (C=O) groups is 2. The molecule has 0 aliphatic carbocycles. The molecule has 0 saturated carbocycles. The van der Waals surface area contributed by atoms with E-state index in [4.69, 9.17) is 5.11 Å². The molecule has 0 radical (unpaired) electrons. The van der Waals surface area contributed by atoms with Crippen LogP contribution in [0.15, 0.2) is 0 Å². The lowest BCUT2D eigenvalue weighted by atomic mass is 10.2. The number of nitrogens with one attached hydrogen (secondary N) is 1. The van der Waals surface area contributed by atoms with Gasteiger partial charge in [0.1, 0.15) is 9.84 Å². The normalized spacial score (nSPS) is 13.1. The summed E-state index contributed by atoms with van der Waals surface area (Å²) in [7, 11) is -3.15. The third-order valence-corrected chi connectivity index (χ3v) is 3.70. The molecule has 0 aromatic rings. The number of hydrogen-bond acceptors (Lipinski definition) is 4. The Labute approximate surface area is 120 Å². The van der Waals surface area contributed by atoms with Crippen molar-refractivity contribution in [3.05, 3.63) is 0 Å². The molecule has 2 amide bonds. The quantitative estimate of drug-likeness (QED) is 0.687. The summed E-state index contributed by atoms with van der Waals surface area (Å²) in [5.41, 5.74) is 0. The monoisotopic (exact) mass is 308 g/mol. The maximum absolute atomic E-state index is 12.0. The van der Waals surface area contributed by atoms with Gasteiger partial charge in [-0.05, 0) is 27.2 Å². The minimum absolute atomic E-state index is 0.00457. The summed E-state index contributed by atoms with van der Waals surface area (Å²) < 4.78 is 22.3. The van der Waals surface area contributed by atoms with Crippen molar-refractivity contribution in [2.45, 2.75) is 45.7 Å². The first kappa shape index (κ1) is 18.7. The van der Waals surface area contributed by atoms with Gasteiger partial charge in [-0.1, -0.05) is 0 Å². The maximum Gasteiger partial charge on any atom is 0.317 e. The highest BCUT2D eigenvalue weighted by Gasteiger charge is 2.20. The first-order chi connectivity index (χ1) is 9.03. The largest absolute Gasteiger partial charge is 0.481 e. The van der Waals surface area contributed by atoms with Crippen molar-refractivity contribution in [2.75, 3.05) is 18.6 Å². The van der Waals surface area contributed by atoms with Crippen molar-refractivity contribution in [1.82, 2.24) is 10.2 Å². The Kier molecular flexibility index (Phi) is 7.55. The predicted molar refractivity (Wildman–Crippen MR) is 76.4 cm³/mol. The van der Waals surface area contributed by atoms with E-state index >= 15 is 0 Å². The lowest BCUT2D eigenvalue weighted by molar-refractivity contribution is -0.137. The van der Waals surface area contributed by atoms with Crippen LogP contribution in [0.2, 0.25) is 0 Å². The molecule has 0 aromatic carbocycles. The van der Waals surface area contributed by atoms with Gasteiger partial charge >= 0.3 is 12.0 Å². The Morgan fingerprint density at radius 2 is 1.80 bits per heavy atom. The molecule has 8 heteroatoms. The van der Waals surface area contributed by atoms with E-state index < -0.39 is 21.8 Å². The minimum atomic E-state index is -3.15. The average Bonchev–Trinajstić information content (AvgIpc) is 2.19. The van der Waals surface area contributed by atoms with Gasteiger partial charge < -0.3 is 15.3 Å². The van der Waals surface area contributed by atoms with Gasteiger partial charge in [-0.3, -0.25) is 4.79 Å². The third kappa shape index (κ3) is 8.73. The molecule has 2 N–H and O–H groups in total. The van der Waals surface area contributed by atoms with E-state index in [0.717, 1.165) is 6.26 Å². The summed E-state index contributed by atoms with van der Waals surface area (Å²) >= 11 is 0. The second-order valence-electron chi connectivity index (χ2n) is 5.23. The molecular weight excluding hydrogens is 284 g/mol. The van der Waals surface area contributed by atoms with Crippen LogP contribution in [0.25, 0.3) is 0 Å². The molecule has 0 fully saturated rings. The van der Waals surface area contributed by atoms with Crippen LogP contribution in [0.4, 0.5) is 4.79 Å². The summed E-state index contributed by atoms with van der Waals surface area (Å²) in [5.74, 6) is -1.03. The first-order valence-electron chi connectivity index (χ1n) is 6.49. The van der Waals surface area contributed by atoms with E-state index in [1.165, 1.54) is 4.90 Å². The van der Waals surface area contributed by atoms with E-state index in [1.54, 1.807) is 6.92 Å². The zero-order valence-electron chi connectivity index (χ0n) is 12.4. The lowest BCUT2D eigenvalue weighted by Crippen LogP contribution is -2.48. The Hall–Kier alpha value is -1.31. The molecule has 0 rings (SSSR count). The molecule has 1 atom stereocenters. The molecule has 0 aliphatic rings. The zero-order valence-corrected chi connectivity index (χ0v) is 13.2. The SMILES string of the molecule is CC(CS(C)(=O)=O)NC(=O)N(CCCC(=O)O)C(C)C. The van der Waals surface area contributed by atoms with Crippen LogP contribution in [0.1, 0.15) is 33.6 Å². The highest BCUT2D eigenvalue weighted by atomic mass is 32.2. The Morgan fingerprint density at radius 3 is 2.20 bits per heavy atom. The van der Waals surface area contributed by atoms with E-state index in [-0.39, 0.29) is 24.2 Å². The summed E-state index contributed by atoms with van der Waals surface area (Å²) in [6.07, 6.45) is 1.47. The molecule has 0 heterocycles. The fourth-order valence-corrected chi connectivity index (χ4v) is 2.78. The molecule has 1 unspecified atom stereocenters. The molecule has 0 bridgehead atoms. The third-order valence-electron chi connectivity index (χ3n) is 2.60. The van der Waals surface area contributed by atoms with Gasteiger partial charge in [-0.2, -0.15) is 0 Å². The summed E-state index contributed by atoms with van der Waals surface area (Å²) in [6.45, 7) is 5.58. The number of hydrogen-bond donors (Lipinski definition) is 2.